The van der Waals surface area contributed by atoms with E-state index >= 15 is 0 Å². The van der Waals surface area contributed by atoms with Gasteiger partial charge >= 0.3 is 0 Å². The maximum Gasteiger partial charge on any atom is 0.258 e. The highest BCUT2D eigenvalue weighted by Crippen LogP contribution is 2.36. The Morgan fingerprint density at radius 1 is 1.10 bits per heavy atom. The Morgan fingerprint density at radius 3 is 2.28 bits per heavy atom. The molecule has 0 radical (unpaired) electrons. The van der Waals surface area contributed by atoms with Crippen LogP contribution in [0.5, 0.6) is 11.5 Å². The summed E-state index contributed by atoms with van der Waals surface area (Å²) in [5, 5.41) is 2.46. The quantitative estimate of drug-likeness (QED) is 0.673. The minimum absolute atomic E-state index is 0.00370. The van der Waals surface area contributed by atoms with Crippen LogP contribution < -0.4 is 20.5 Å². The molecule has 0 aromatic heterocycles. The zero-order valence-corrected chi connectivity index (χ0v) is 17.1. The Labute approximate surface area is 177 Å². The SMILES string of the molecule is COc1cc(F)c(C(=O)Nc2c(Cl)cc(C(N)=O)cc2Cl)cc1OC1CCCC1. The molecule has 1 aliphatic carbocycles. The summed E-state index contributed by atoms with van der Waals surface area (Å²) in [7, 11) is 1.40. The molecule has 0 aliphatic heterocycles. The second kappa shape index (κ2) is 8.88. The van der Waals surface area contributed by atoms with Crippen LogP contribution in [-0.4, -0.2) is 25.0 Å². The smallest absolute Gasteiger partial charge is 0.258 e. The predicted octanol–water partition coefficient (Wildman–Crippen LogP) is 4.81. The number of hydrogen-bond acceptors (Lipinski definition) is 4. The van der Waals surface area contributed by atoms with Crippen LogP contribution in [-0.2, 0) is 0 Å². The number of nitrogens with two attached hydrogens (primary N) is 1. The molecule has 0 saturated heterocycles. The molecule has 2 aromatic rings. The third kappa shape index (κ3) is 4.74. The van der Waals surface area contributed by atoms with Gasteiger partial charge in [-0.3, -0.25) is 9.59 Å². The van der Waals surface area contributed by atoms with E-state index in [1.54, 1.807) is 0 Å². The minimum Gasteiger partial charge on any atom is -0.493 e. The summed E-state index contributed by atoms with van der Waals surface area (Å²) in [5.74, 6) is -1.81. The molecule has 0 bridgehead atoms. The number of methoxy groups -OCH3 is 1. The number of nitrogens with one attached hydrogen (secondary N) is 1. The maximum absolute atomic E-state index is 14.5. The first-order chi connectivity index (χ1) is 13.8. The molecule has 9 heteroatoms. The number of amides is 2. The lowest BCUT2D eigenvalue weighted by atomic mass is 10.1. The number of anilines is 1. The van der Waals surface area contributed by atoms with Crippen molar-refractivity contribution < 1.29 is 23.5 Å². The second-order valence-electron chi connectivity index (χ2n) is 6.64. The second-order valence-corrected chi connectivity index (χ2v) is 7.45. The average molecular weight is 441 g/mol. The standard InChI is InChI=1S/C20H19Cl2FN2O4/c1-28-16-9-15(23)12(8-17(16)29-11-4-2-3-5-11)20(27)25-18-13(21)6-10(19(24)26)7-14(18)22/h6-9,11H,2-5H2,1H3,(H2,24,26)(H,25,27). The molecule has 1 saturated carbocycles. The van der Waals surface area contributed by atoms with E-state index in [4.69, 9.17) is 38.4 Å². The van der Waals surface area contributed by atoms with Crippen molar-refractivity contribution in [2.45, 2.75) is 31.8 Å². The van der Waals surface area contributed by atoms with Gasteiger partial charge in [0.1, 0.15) is 5.82 Å². The summed E-state index contributed by atoms with van der Waals surface area (Å²) < 4.78 is 25.6. The van der Waals surface area contributed by atoms with Gasteiger partial charge in [0.2, 0.25) is 5.91 Å². The Balaban J connectivity index is 1.90. The van der Waals surface area contributed by atoms with E-state index in [0.29, 0.717) is 0 Å². The predicted molar refractivity (Wildman–Crippen MR) is 109 cm³/mol. The molecule has 0 atom stereocenters. The third-order valence-corrected chi connectivity index (χ3v) is 5.26. The topological polar surface area (TPSA) is 90.6 Å². The number of rotatable bonds is 6. The lowest BCUT2D eigenvalue weighted by Crippen LogP contribution is -2.17. The number of ether oxygens (including phenoxy) is 2. The fraction of sp³-hybridized carbons (Fsp3) is 0.300. The van der Waals surface area contributed by atoms with Gasteiger partial charge < -0.3 is 20.5 Å². The summed E-state index contributed by atoms with van der Waals surface area (Å²) in [5.41, 5.74) is 5.07. The van der Waals surface area contributed by atoms with Gasteiger partial charge in [-0.2, -0.15) is 0 Å². The number of benzene rings is 2. The van der Waals surface area contributed by atoms with Gasteiger partial charge in [0.05, 0.1) is 34.5 Å². The average Bonchev–Trinajstić information content (AvgIpc) is 3.18. The maximum atomic E-state index is 14.5. The monoisotopic (exact) mass is 440 g/mol. The summed E-state index contributed by atoms with van der Waals surface area (Å²) >= 11 is 12.2. The van der Waals surface area contributed by atoms with Crippen molar-refractivity contribution in [2.24, 2.45) is 5.73 Å². The highest BCUT2D eigenvalue weighted by Gasteiger charge is 2.23. The molecule has 29 heavy (non-hydrogen) atoms. The number of halogens is 3. The third-order valence-electron chi connectivity index (χ3n) is 4.66. The van der Waals surface area contributed by atoms with E-state index in [2.05, 4.69) is 5.32 Å². The van der Waals surface area contributed by atoms with Gasteiger partial charge in [-0.15, -0.1) is 0 Å². The summed E-state index contributed by atoms with van der Waals surface area (Å²) in [4.78, 5) is 24.0. The van der Waals surface area contributed by atoms with Crippen LogP contribution in [0.2, 0.25) is 10.0 Å². The van der Waals surface area contributed by atoms with Gasteiger partial charge in [0.25, 0.3) is 5.91 Å². The van der Waals surface area contributed by atoms with Gasteiger partial charge in [-0.25, -0.2) is 4.39 Å². The summed E-state index contributed by atoms with van der Waals surface area (Å²) in [6, 6.07) is 4.93. The molecule has 6 nitrogen and oxygen atoms in total. The van der Waals surface area contributed by atoms with Crippen LogP contribution in [0, 0.1) is 5.82 Å². The minimum atomic E-state index is -0.792. The Kier molecular flexibility index (Phi) is 6.49. The first-order valence-electron chi connectivity index (χ1n) is 8.94. The van der Waals surface area contributed by atoms with Crippen LogP contribution in [0.1, 0.15) is 46.4 Å². The lowest BCUT2D eigenvalue weighted by molar-refractivity contribution is 0.0997. The highest BCUT2D eigenvalue weighted by molar-refractivity contribution is 6.40. The van der Waals surface area contributed by atoms with Gasteiger partial charge in [0.15, 0.2) is 11.5 Å². The largest absolute Gasteiger partial charge is 0.493 e. The Morgan fingerprint density at radius 2 is 1.72 bits per heavy atom. The Bertz CT molecular complexity index is 939. The molecule has 3 rings (SSSR count). The lowest BCUT2D eigenvalue weighted by Gasteiger charge is -2.17. The van der Waals surface area contributed by atoms with E-state index in [0.717, 1.165) is 31.7 Å². The van der Waals surface area contributed by atoms with Crippen molar-refractivity contribution in [1.29, 1.82) is 0 Å². The van der Waals surface area contributed by atoms with Crippen molar-refractivity contribution >= 4 is 40.7 Å². The van der Waals surface area contributed by atoms with Crippen LogP contribution in [0.25, 0.3) is 0 Å². The number of hydrogen-bond donors (Lipinski definition) is 2. The van der Waals surface area contributed by atoms with Crippen LogP contribution in [0.3, 0.4) is 0 Å². The molecule has 0 heterocycles. The zero-order valence-electron chi connectivity index (χ0n) is 15.6. The summed E-state index contributed by atoms with van der Waals surface area (Å²) in [6.07, 6.45) is 3.88. The van der Waals surface area contributed by atoms with E-state index in [1.807, 2.05) is 0 Å². The zero-order chi connectivity index (χ0) is 21.1. The van der Waals surface area contributed by atoms with E-state index in [9.17, 15) is 14.0 Å². The van der Waals surface area contributed by atoms with Gasteiger partial charge in [0, 0.05) is 11.6 Å². The molecule has 1 fully saturated rings. The molecular formula is C20H19Cl2FN2O4. The van der Waals surface area contributed by atoms with Crippen LogP contribution >= 0.6 is 23.2 Å². The molecule has 154 valence electrons. The van der Waals surface area contributed by atoms with Crippen molar-refractivity contribution in [1.82, 2.24) is 0 Å². The number of primary amides is 1. The van der Waals surface area contributed by atoms with Crippen molar-refractivity contribution in [3.8, 4) is 11.5 Å². The van der Waals surface area contributed by atoms with Gasteiger partial charge in [-0.05, 0) is 43.9 Å². The van der Waals surface area contributed by atoms with Crippen molar-refractivity contribution in [3.05, 3.63) is 51.3 Å². The van der Waals surface area contributed by atoms with Crippen LogP contribution in [0.15, 0.2) is 24.3 Å². The molecule has 2 amide bonds. The molecule has 2 aromatic carbocycles. The van der Waals surface area contributed by atoms with Crippen molar-refractivity contribution in [2.75, 3.05) is 12.4 Å². The molecule has 3 N–H and O–H groups in total. The highest BCUT2D eigenvalue weighted by atomic mass is 35.5. The van der Waals surface area contributed by atoms with E-state index in [1.165, 1.54) is 25.3 Å². The molecule has 1 aliphatic rings. The molecular weight excluding hydrogens is 422 g/mol. The summed E-state index contributed by atoms with van der Waals surface area (Å²) in [6.45, 7) is 0. The molecule has 0 spiro atoms. The van der Waals surface area contributed by atoms with E-state index < -0.39 is 17.6 Å². The van der Waals surface area contributed by atoms with Crippen LogP contribution in [0.4, 0.5) is 10.1 Å². The van der Waals surface area contributed by atoms with Gasteiger partial charge in [-0.1, -0.05) is 23.2 Å². The van der Waals surface area contributed by atoms with Crippen molar-refractivity contribution in [3.63, 3.8) is 0 Å². The fourth-order valence-corrected chi connectivity index (χ4v) is 3.74. The number of carbonyl (C=O) groups excluding carboxylic acids is 2. The first kappa shape index (κ1) is 21.2. The normalized spacial score (nSPS) is 13.9. The molecule has 0 unspecified atom stereocenters. The number of carbonyl (C=O) groups is 2. The Hall–Kier alpha value is -2.51. The first-order valence-corrected chi connectivity index (χ1v) is 9.70. The van der Waals surface area contributed by atoms with E-state index in [-0.39, 0.29) is 44.5 Å². The fourth-order valence-electron chi connectivity index (χ4n) is 3.16.